The van der Waals surface area contributed by atoms with Crippen LogP contribution in [0.4, 0.5) is 0 Å². The highest BCUT2D eigenvalue weighted by Gasteiger charge is 2.78. The maximum absolute atomic E-state index is 15.1. The van der Waals surface area contributed by atoms with E-state index < -0.39 is 44.4 Å². The lowest BCUT2D eigenvalue weighted by atomic mass is 9.32. The van der Waals surface area contributed by atoms with E-state index in [1.807, 2.05) is 39.0 Å². The Labute approximate surface area is 323 Å². The Balaban J connectivity index is 1.12. The minimum Gasteiger partial charge on any atom is -0.448 e. The second kappa shape index (κ2) is 11.6. The molecule has 2 aromatic rings. The van der Waals surface area contributed by atoms with Crippen molar-refractivity contribution in [3.8, 4) is 0 Å². The molecule has 7 aliphatic carbocycles. The third kappa shape index (κ3) is 4.28. The molecule has 1 aliphatic heterocycles. The van der Waals surface area contributed by atoms with Crippen molar-refractivity contribution in [3.05, 3.63) is 59.0 Å². The maximum atomic E-state index is 15.1. The van der Waals surface area contributed by atoms with Gasteiger partial charge in [-0.2, -0.15) is 0 Å². The number of aliphatic hydroxyl groups excluding tert-OH is 1. The second-order valence-corrected chi connectivity index (χ2v) is 20.6. The van der Waals surface area contributed by atoms with Gasteiger partial charge in [-0.15, -0.1) is 11.3 Å². The number of aliphatic hydroxyl groups is 2. The molecule has 10 atom stereocenters. The molecule has 2 heterocycles. The van der Waals surface area contributed by atoms with Gasteiger partial charge in [-0.25, -0.2) is 0 Å². The fraction of sp³-hybridized carbons (Fsp3) is 0.667. The van der Waals surface area contributed by atoms with Gasteiger partial charge in [0.25, 0.3) is 5.91 Å². The van der Waals surface area contributed by atoms with Crippen molar-refractivity contribution in [2.75, 3.05) is 26.8 Å². The average Bonchev–Trinajstić information content (AvgIpc) is 3.79. The summed E-state index contributed by atoms with van der Waals surface area (Å²) in [5.74, 6) is -0.316. The number of hydrogen-bond donors (Lipinski definition) is 2. The molecule has 10 rings (SSSR count). The zero-order valence-electron chi connectivity index (χ0n) is 32.8. The van der Waals surface area contributed by atoms with Gasteiger partial charge >= 0.3 is 5.97 Å². The number of allylic oxidation sites excluding steroid dienone is 4. The Morgan fingerprint density at radius 2 is 1.69 bits per heavy atom. The first-order valence-corrected chi connectivity index (χ1v) is 21.2. The molecule has 1 amide bonds. The van der Waals surface area contributed by atoms with E-state index in [2.05, 4.69) is 44.2 Å². The van der Waals surface area contributed by atoms with E-state index in [0.29, 0.717) is 45.3 Å². The summed E-state index contributed by atoms with van der Waals surface area (Å²) in [7, 11) is 1.65. The second-order valence-electron chi connectivity index (χ2n) is 19.5. The molecule has 9 heteroatoms. The average molecular weight is 756 g/mol. The highest BCUT2D eigenvalue weighted by atomic mass is 32.1. The molecular formula is C45H57NO7S. The Bertz CT molecular complexity index is 1980. The van der Waals surface area contributed by atoms with Crippen molar-refractivity contribution >= 4 is 39.1 Å². The first kappa shape index (κ1) is 36.8. The summed E-state index contributed by atoms with van der Waals surface area (Å²) in [5, 5.41) is 25.4. The molecule has 4 bridgehead atoms. The number of methoxy groups -OCH3 is 1. The van der Waals surface area contributed by atoms with Gasteiger partial charge in [0, 0.05) is 52.2 Å². The minimum absolute atomic E-state index is 0.0406. The van der Waals surface area contributed by atoms with Gasteiger partial charge in [0.05, 0.1) is 28.5 Å². The molecule has 54 heavy (non-hydrogen) atoms. The lowest BCUT2D eigenvalue weighted by Gasteiger charge is -2.71. The quantitative estimate of drug-likeness (QED) is 0.117. The third-order valence-corrected chi connectivity index (χ3v) is 18.7. The SMILES string of the molecule is COCCCN(C[C@]1(O)CC[C@H]2[C@]34C=C[C@@]5(C=C3C(=O)c3cc6ccccc6s3)CC(O)CC[C@]5(C)[C@H]4CC[C@@]21C)C(=O)[C@@]12CC[C@@](C)(C(=O)O1)C2(C)C. The number of benzene rings is 1. The maximum Gasteiger partial charge on any atom is 0.313 e. The predicted molar refractivity (Wildman–Crippen MR) is 208 cm³/mol. The van der Waals surface area contributed by atoms with Gasteiger partial charge in [-0.05, 0) is 106 Å². The van der Waals surface area contributed by atoms with Crippen LogP contribution in [0.25, 0.3) is 10.1 Å². The Kier molecular flexibility index (Phi) is 7.91. The van der Waals surface area contributed by atoms with E-state index in [4.69, 9.17) is 9.47 Å². The van der Waals surface area contributed by atoms with E-state index in [1.54, 1.807) is 23.3 Å². The number of hydrogen-bond acceptors (Lipinski definition) is 8. The predicted octanol–water partition coefficient (Wildman–Crippen LogP) is 7.66. The fourth-order valence-corrected chi connectivity index (χ4v) is 14.8. The normalized spacial score (nSPS) is 43.7. The molecule has 1 saturated heterocycles. The summed E-state index contributed by atoms with van der Waals surface area (Å²) < 4.78 is 12.6. The molecule has 290 valence electrons. The van der Waals surface area contributed by atoms with Gasteiger partial charge in [-0.1, -0.05) is 64.1 Å². The summed E-state index contributed by atoms with van der Waals surface area (Å²) in [6, 6.07) is 10.2. The number of ketones is 1. The standard InChI is InChI=1S/C45H57NO7S/c1-38(2)41(5)18-21-45(38,53-37(41)50)36(49)46(22-9-23-52-6)27-43(51)17-14-34-40(43,4)16-13-33-39(3)15-12-29(47)25-42(39)19-20-44(33,34)30(26-42)35(48)32-24-28-10-7-8-11-31(28)54-32/h7-8,10-11,19-20,24,26,29,33-34,47,51H,9,12-18,21-23,25,27H2,1-6H3/t29?,33-,34-,39-,40+,41+,42+,43-,44-,45-/m1/s1. The molecule has 5 fully saturated rings. The minimum atomic E-state index is -1.27. The van der Waals surface area contributed by atoms with Gasteiger partial charge in [0.2, 0.25) is 0 Å². The van der Waals surface area contributed by atoms with Gasteiger partial charge in [-0.3, -0.25) is 14.4 Å². The topological polar surface area (TPSA) is 113 Å². The summed E-state index contributed by atoms with van der Waals surface area (Å²) in [5.41, 5.74) is -4.87. The van der Waals surface area contributed by atoms with Crippen molar-refractivity contribution in [1.29, 1.82) is 0 Å². The van der Waals surface area contributed by atoms with Gasteiger partial charge < -0.3 is 24.6 Å². The summed E-state index contributed by atoms with van der Waals surface area (Å²) in [6.45, 7) is 11.5. The van der Waals surface area contributed by atoms with E-state index in [1.165, 1.54) is 0 Å². The van der Waals surface area contributed by atoms with Crippen LogP contribution in [-0.2, 0) is 19.1 Å². The molecule has 1 aromatic carbocycles. The lowest BCUT2D eigenvalue weighted by molar-refractivity contribution is -0.187. The van der Waals surface area contributed by atoms with E-state index in [-0.39, 0.29) is 41.5 Å². The van der Waals surface area contributed by atoms with E-state index >= 15 is 4.79 Å². The fourth-order valence-electron chi connectivity index (χ4n) is 13.8. The van der Waals surface area contributed by atoms with Crippen molar-refractivity contribution in [2.45, 2.75) is 116 Å². The van der Waals surface area contributed by atoms with Crippen molar-refractivity contribution in [1.82, 2.24) is 4.90 Å². The van der Waals surface area contributed by atoms with Crippen LogP contribution in [0.1, 0.15) is 108 Å². The number of carbonyl (C=O) groups is 3. The van der Waals surface area contributed by atoms with Crippen LogP contribution >= 0.6 is 11.3 Å². The van der Waals surface area contributed by atoms with Crippen LogP contribution in [0.15, 0.2) is 54.1 Å². The van der Waals surface area contributed by atoms with Crippen LogP contribution in [0.2, 0.25) is 0 Å². The highest BCUT2D eigenvalue weighted by Crippen LogP contribution is 2.78. The molecule has 4 saturated carbocycles. The van der Waals surface area contributed by atoms with Crippen LogP contribution in [0.5, 0.6) is 0 Å². The van der Waals surface area contributed by atoms with Gasteiger partial charge in [0.15, 0.2) is 11.4 Å². The molecular weight excluding hydrogens is 699 g/mol. The number of amides is 1. The Morgan fingerprint density at radius 1 is 0.963 bits per heavy atom. The highest BCUT2D eigenvalue weighted by molar-refractivity contribution is 7.21. The van der Waals surface area contributed by atoms with Crippen molar-refractivity contribution < 1.29 is 34.1 Å². The van der Waals surface area contributed by atoms with Gasteiger partial charge in [0.1, 0.15) is 0 Å². The van der Waals surface area contributed by atoms with Crippen LogP contribution < -0.4 is 0 Å². The number of rotatable bonds is 9. The molecule has 1 unspecified atom stereocenters. The van der Waals surface area contributed by atoms with Crippen LogP contribution in [0.3, 0.4) is 0 Å². The first-order chi connectivity index (χ1) is 25.5. The summed E-state index contributed by atoms with van der Waals surface area (Å²) >= 11 is 1.55. The Hall–Kier alpha value is -2.85. The molecule has 8 nitrogen and oxygen atoms in total. The van der Waals surface area contributed by atoms with Crippen LogP contribution in [0, 0.1) is 44.3 Å². The number of esters is 1. The number of ether oxygens (including phenoxy) is 2. The van der Waals surface area contributed by atoms with E-state index in [0.717, 1.165) is 52.6 Å². The Morgan fingerprint density at radius 3 is 2.39 bits per heavy atom. The molecule has 2 spiro atoms. The summed E-state index contributed by atoms with van der Waals surface area (Å²) in [4.78, 5) is 45.9. The van der Waals surface area contributed by atoms with E-state index in [9.17, 15) is 19.8 Å². The number of Topliss-reactive ketones (excluding diaryl/α,β-unsaturated/α-hetero) is 1. The largest absolute Gasteiger partial charge is 0.448 e. The number of fused-ring (bicyclic) bond motifs is 4. The zero-order chi connectivity index (χ0) is 38.3. The monoisotopic (exact) mass is 755 g/mol. The molecule has 2 N–H and O–H groups in total. The molecule has 1 aromatic heterocycles. The lowest BCUT2D eigenvalue weighted by Crippen LogP contribution is -2.68. The third-order valence-electron chi connectivity index (χ3n) is 17.6. The molecule has 0 radical (unpaired) electrons. The van der Waals surface area contributed by atoms with Crippen LogP contribution in [-0.4, -0.2) is 76.9 Å². The number of thiophene rings is 1. The number of carbonyl (C=O) groups excluding carboxylic acids is 3. The number of nitrogens with zero attached hydrogens (tertiary/aromatic N) is 1. The molecule has 8 aliphatic rings. The van der Waals surface area contributed by atoms with Crippen molar-refractivity contribution in [3.63, 3.8) is 0 Å². The summed E-state index contributed by atoms with van der Waals surface area (Å²) in [6.07, 6.45) is 13.3. The smallest absolute Gasteiger partial charge is 0.313 e. The zero-order valence-corrected chi connectivity index (χ0v) is 33.7. The van der Waals surface area contributed by atoms with Crippen molar-refractivity contribution in [2.24, 2.45) is 44.3 Å². The first-order valence-electron chi connectivity index (χ1n) is 20.4.